The maximum absolute atomic E-state index is 12.1. The molecule has 128 valence electrons. The highest BCUT2D eigenvalue weighted by Crippen LogP contribution is 2.28. The van der Waals surface area contributed by atoms with Crippen LogP contribution in [0.3, 0.4) is 0 Å². The molecule has 0 saturated heterocycles. The van der Waals surface area contributed by atoms with Crippen LogP contribution in [0.15, 0.2) is 22.9 Å². The summed E-state index contributed by atoms with van der Waals surface area (Å²) in [7, 11) is 0. The van der Waals surface area contributed by atoms with Gasteiger partial charge in [-0.15, -0.1) is 22.7 Å². The summed E-state index contributed by atoms with van der Waals surface area (Å²) in [4.78, 5) is 40.1. The molecule has 7 nitrogen and oxygen atoms in total. The number of primary amides is 1. The van der Waals surface area contributed by atoms with E-state index in [9.17, 15) is 14.4 Å². The second-order valence-corrected chi connectivity index (χ2v) is 7.11. The number of nitrogens with zero attached hydrogens (tertiary/aromatic N) is 1. The Morgan fingerprint density at radius 2 is 2.08 bits per heavy atom. The lowest BCUT2D eigenvalue weighted by Crippen LogP contribution is -2.45. The number of urea groups is 1. The summed E-state index contributed by atoms with van der Waals surface area (Å²) in [6.07, 6.45) is -1.13. The Morgan fingerprint density at radius 3 is 2.67 bits per heavy atom. The van der Waals surface area contributed by atoms with Gasteiger partial charge in [-0.3, -0.25) is 14.9 Å². The summed E-state index contributed by atoms with van der Waals surface area (Å²) in [6, 6.07) is 2.90. The molecule has 9 heteroatoms. The van der Waals surface area contributed by atoms with Crippen LogP contribution in [-0.2, 0) is 20.7 Å². The first-order valence-electron chi connectivity index (χ1n) is 7.15. The Bertz CT molecular complexity index is 725. The number of imide groups is 1. The number of nitrogens with two attached hydrogens (primary N) is 1. The van der Waals surface area contributed by atoms with E-state index in [0.717, 1.165) is 9.88 Å². The monoisotopic (exact) mass is 367 g/mol. The number of thiophene rings is 1. The molecule has 0 radical (unpaired) electrons. The average Bonchev–Trinajstić information content (AvgIpc) is 3.14. The van der Waals surface area contributed by atoms with E-state index >= 15 is 0 Å². The van der Waals surface area contributed by atoms with E-state index in [1.807, 2.05) is 22.8 Å². The second kappa shape index (κ2) is 8.02. The lowest BCUT2D eigenvalue weighted by molar-refractivity contribution is -0.157. The summed E-state index contributed by atoms with van der Waals surface area (Å²) in [5.41, 5.74) is 5.49. The van der Waals surface area contributed by atoms with Gasteiger partial charge in [0.1, 0.15) is 5.01 Å². The van der Waals surface area contributed by atoms with Crippen molar-refractivity contribution in [1.29, 1.82) is 0 Å². The smallest absolute Gasteiger partial charge is 0.318 e. The molecule has 3 amide bonds. The van der Waals surface area contributed by atoms with Crippen molar-refractivity contribution in [3.63, 3.8) is 0 Å². The molecule has 0 aliphatic rings. The Balaban J connectivity index is 1.98. The third kappa shape index (κ3) is 4.87. The van der Waals surface area contributed by atoms with E-state index in [-0.39, 0.29) is 12.3 Å². The highest BCUT2D eigenvalue weighted by molar-refractivity contribution is 7.20. The largest absolute Gasteiger partial charge is 0.452 e. The number of hydrogen-bond donors (Lipinski definition) is 2. The minimum absolute atomic E-state index is 0.0467. The first kappa shape index (κ1) is 18.1. The molecule has 0 saturated carbocycles. The molecule has 2 aromatic rings. The molecule has 0 spiro atoms. The number of nitrogens with one attached hydrogen (secondary N) is 1. The molecule has 1 atom stereocenters. The quantitative estimate of drug-likeness (QED) is 0.760. The van der Waals surface area contributed by atoms with E-state index in [4.69, 9.17) is 10.5 Å². The van der Waals surface area contributed by atoms with Crippen LogP contribution in [0, 0.1) is 5.92 Å². The normalized spacial score (nSPS) is 12.0. The van der Waals surface area contributed by atoms with Crippen LogP contribution in [0.25, 0.3) is 9.88 Å². The van der Waals surface area contributed by atoms with E-state index in [0.29, 0.717) is 5.69 Å². The van der Waals surface area contributed by atoms with Crippen molar-refractivity contribution in [3.8, 4) is 9.88 Å². The number of thiazole rings is 1. The van der Waals surface area contributed by atoms with E-state index < -0.39 is 24.0 Å². The molecule has 24 heavy (non-hydrogen) atoms. The zero-order chi connectivity index (χ0) is 17.7. The number of ether oxygens (including phenoxy) is 1. The maximum atomic E-state index is 12.1. The Morgan fingerprint density at radius 1 is 1.33 bits per heavy atom. The van der Waals surface area contributed by atoms with E-state index in [1.54, 1.807) is 30.6 Å². The molecule has 3 N–H and O–H groups in total. The molecule has 0 aliphatic carbocycles. The molecule has 1 unspecified atom stereocenters. The number of esters is 1. The number of hydrogen-bond acceptors (Lipinski definition) is 7. The molecule has 2 heterocycles. The van der Waals surface area contributed by atoms with Crippen molar-refractivity contribution in [2.24, 2.45) is 11.7 Å². The average molecular weight is 367 g/mol. The Labute approximate surface area is 146 Å². The highest BCUT2D eigenvalue weighted by atomic mass is 32.1. The van der Waals surface area contributed by atoms with Gasteiger partial charge in [0.15, 0.2) is 6.10 Å². The van der Waals surface area contributed by atoms with Crippen molar-refractivity contribution >= 4 is 40.6 Å². The third-order valence-electron chi connectivity index (χ3n) is 2.98. The van der Waals surface area contributed by atoms with E-state index in [2.05, 4.69) is 4.98 Å². The van der Waals surface area contributed by atoms with Gasteiger partial charge in [0.2, 0.25) is 0 Å². The van der Waals surface area contributed by atoms with Gasteiger partial charge in [0.25, 0.3) is 5.91 Å². The zero-order valence-corrected chi connectivity index (χ0v) is 14.8. The van der Waals surface area contributed by atoms with Crippen molar-refractivity contribution in [2.45, 2.75) is 26.4 Å². The van der Waals surface area contributed by atoms with Crippen molar-refractivity contribution in [1.82, 2.24) is 10.3 Å². The number of aromatic nitrogens is 1. The number of amides is 3. The molecular weight excluding hydrogens is 350 g/mol. The van der Waals surface area contributed by atoms with Crippen LogP contribution in [0.4, 0.5) is 4.79 Å². The maximum Gasteiger partial charge on any atom is 0.318 e. The van der Waals surface area contributed by atoms with Crippen LogP contribution in [-0.4, -0.2) is 29.0 Å². The second-order valence-electron chi connectivity index (χ2n) is 5.31. The standard InChI is InChI=1S/C15H17N3O4S2/c1-8(2)12(13(20)18-15(16)21)22-11(19)6-9-7-24-14(17-9)10-4-3-5-23-10/h3-5,7-8,12H,6H2,1-2H3,(H3,16,18,20,21). The Kier molecular flexibility index (Phi) is 6.04. The first-order valence-corrected chi connectivity index (χ1v) is 8.90. The third-order valence-corrected chi connectivity index (χ3v) is 4.91. The van der Waals surface area contributed by atoms with Crippen molar-refractivity contribution in [2.75, 3.05) is 0 Å². The van der Waals surface area contributed by atoms with Gasteiger partial charge in [-0.1, -0.05) is 19.9 Å². The van der Waals surface area contributed by atoms with Crippen LogP contribution in [0.2, 0.25) is 0 Å². The highest BCUT2D eigenvalue weighted by Gasteiger charge is 2.27. The molecule has 0 bridgehead atoms. The Hall–Kier alpha value is -2.26. The SMILES string of the molecule is CC(C)C(OC(=O)Cc1csc(-c2cccs2)n1)C(=O)NC(N)=O. The summed E-state index contributed by atoms with van der Waals surface area (Å²) < 4.78 is 5.19. The van der Waals surface area contributed by atoms with Gasteiger partial charge in [-0.2, -0.15) is 0 Å². The first-order chi connectivity index (χ1) is 11.4. The summed E-state index contributed by atoms with van der Waals surface area (Å²) in [5.74, 6) is -1.62. The lowest BCUT2D eigenvalue weighted by atomic mass is 10.1. The molecule has 0 aromatic carbocycles. The van der Waals surface area contributed by atoms with Gasteiger partial charge in [0.05, 0.1) is 17.0 Å². The molecular formula is C15H17N3O4S2. The van der Waals surface area contributed by atoms with Crippen LogP contribution in [0.1, 0.15) is 19.5 Å². The zero-order valence-electron chi connectivity index (χ0n) is 13.1. The lowest BCUT2D eigenvalue weighted by Gasteiger charge is -2.19. The summed E-state index contributed by atoms with van der Waals surface area (Å²) >= 11 is 3.01. The fourth-order valence-electron chi connectivity index (χ4n) is 1.92. The van der Waals surface area contributed by atoms with Crippen molar-refractivity contribution in [3.05, 3.63) is 28.6 Å². The number of carbonyl (C=O) groups excluding carboxylic acids is 3. The number of rotatable bonds is 6. The van der Waals surface area contributed by atoms with Crippen LogP contribution >= 0.6 is 22.7 Å². The van der Waals surface area contributed by atoms with E-state index in [1.165, 1.54) is 11.3 Å². The minimum Gasteiger partial charge on any atom is -0.452 e. The summed E-state index contributed by atoms with van der Waals surface area (Å²) in [5, 5.41) is 6.50. The van der Waals surface area contributed by atoms with Crippen LogP contribution < -0.4 is 11.1 Å². The van der Waals surface area contributed by atoms with Crippen LogP contribution in [0.5, 0.6) is 0 Å². The van der Waals surface area contributed by atoms with Gasteiger partial charge >= 0.3 is 12.0 Å². The molecule has 2 aromatic heterocycles. The topological polar surface area (TPSA) is 111 Å². The minimum atomic E-state index is -1.08. The fourth-order valence-corrected chi connectivity index (χ4v) is 3.55. The summed E-state index contributed by atoms with van der Waals surface area (Å²) in [6.45, 7) is 3.41. The number of carbonyl (C=O) groups is 3. The van der Waals surface area contributed by atoms with Crippen molar-refractivity contribution < 1.29 is 19.1 Å². The van der Waals surface area contributed by atoms with Gasteiger partial charge in [-0.25, -0.2) is 9.78 Å². The van der Waals surface area contributed by atoms with Gasteiger partial charge in [0, 0.05) is 5.38 Å². The molecule has 0 aliphatic heterocycles. The van der Waals surface area contributed by atoms with Gasteiger partial charge in [-0.05, 0) is 17.4 Å². The predicted octanol–water partition coefficient (Wildman–Crippen LogP) is 2.18. The fraction of sp³-hybridized carbons (Fsp3) is 0.333. The predicted molar refractivity (Wildman–Crippen MR) is 91.6 cm³/mol. The molecule has 2 rings (SSSR count). The molecule has 0 fully saturated rings. The van der Waals surface area contributed by atoms with Gasteiger partial charge < -0.3 is 10.5 Å².